The number of nitrogens with zero attached hydrogens (tertiary/aromatic N) is 6. The van der Waals surface area contributed by atoms with Crippen molar-refractivity contribution >= 4 is 29.2 Å². The summed E-state index contributed by atoms with van der Waals surface area (Å²) >= 11 is 1.15. The second-order valence-corrected chi connectivity index (χ2v) is 8.05. The Bertz CT molecular complexity index is 1080. The number of carbonyl (C=O) groups is 1. The highest BCUT2D eigenvalue weighted by molar-refractivity contribution is 7.99. The number of rotatable bonds is 6. The van der Waals surface area contributed by atoms with E-state index in [1.807, 2.05) is 6.07 Å². The minimum atomic E-state index is -0.538. The molecule has 0 bridgehead atoms. The average molecular weight is 425 g/mol. The van der Waals surface area contributed by atoms with Gasteiger partial charge in [-0.3, -0.25) is 14.9 Å². The van der Waals surface area contributed by atoms with Crippen LogP contribution in [0.1, 0.15) is 47.5 Å². The van der Waals surface area contributed by atoms with Gasteiger partial charge in [0.2, 0.25) is 5.16 Å². The minimum Gasteiger partial charge on any atom is -0.307 e. The molecule has 1 aromatic carbocycles. The van der Waals surface area contributed by atoms with Gasteiger partial charge < -0.3 is 5.32 Å². The number of hydrogen-bond acceptors (Lipinski definition) is 8. The predicted molar refractivity (Wildman–Crippen MR) is 109 cm³/mol. The summed E-state index contributed by atoms with van der Waals surface area (Å²) in [7, 11) is 1.67. The van der Waals surface area contributed by atoms with E-state index >= 15 is 0 Å². The highest BCUT2D eigenvalue weighted by atomic mass is 32.2. The molecule has 2 heterocycles. The van der Waals surface area contributed by atoms with E-state index < -0.39 is 10.8 Å². The van der Waals surface area contributed by atoms with Crippen molar-refractivity contribution in [1.29, 1.82) is 0 Å². The lowest BCUT2D eigenvalue weighted by Gasteiger charge is -2.11. The number of hydrogen-bond donors (Lipinski definition) is 1. The highest BCUT2D eigenvalue weighted by Crippen LogP contribution is 2.34. The van der Waals surface area contributed by atoms with E-state index in [9.17, 15) is 14.9 Å². The number of amides is 1. The van der Waals surface area contributed by atoms with Crippen molar-refractivity contribution in [2.24, 2.45) is 7.05 Å². The Labute approximate surface area is 176 Å². The summed E-state index contributed by atoms with van der Waals surface area (Å²) in [6.07, 6.45) is 6.59. The Morgan fingerprint density at radius 3 is 2.70 bits per heavy atom. The minimum absolute atomic E-state index is 0.152. The zero-order valence-corrected chi connectivity index (χ0v) is 17.0. The van der Waals surface area contributed by atoms with E-state index in [1.54, 1.807) is 19.3 Å². The number of nitro groups is 1. The molecule has 0 spiro atoms. The predicted octanol–water partition coefficient (Wildman–Crippen LogP) is 3.57. The molecule has 154 valence electrons. The summed E-state index contributed by atoms with van der Waals surface area (Å²) in [4.78, 5) is 28.4. The molecular formula is C19H19N7O3S. The molecule has 0 atom stereocenters. The Morgan fingerprint density at radius 1 is 1.27 bits per heavy atom. The molecule has 0 radical (unpaired) electrons. The van der Waals surface area contributed by atoms with Crippen molar-refractivity contribution in [3.05, 3.63) is 57.8 Å². The van der Waals surface area contributed by atoms with E-state index in [0.717, 1.165) is 11.8 Å². The molecule has 0 saturated heterocycles. The molecule has 1 fully saturated rings. The Hall–Kier alpha value is -3.34. The number of benzene rings is 1. The van der Waals surface area contributed by atoms with Crippen LogP contribution >= 0.6 is 11.8 Å². The van der Waals surface area contributed by atoms with Gasteiger partial charge in [0.1, 0.15) is 5.82 Å². The molecule has 1 amide bonds. The monoisotopic (exact) mass is 425 g/mol. The zero-order chi connectivity index (χ0) is 21.1. The second kappa shape index (κ2) is 8.57. The molecule has 1 aliphatic rings. The normalized spacial score (nSPS) is 14.0. The van der Waals surface area contributed by atoms with Gasteiger partial charge in [-0.1, -0.05) is 18.9 Å². The first-order valence-corrected chi connectivity index (χ1v) is 10.3. The zero-order valence-electron chi connectivity index (χ0n) is 16.2. The Balaban J connectivity index is 1.57. The van der Waals surface area contributed by atoms with Gasteiger partial charge in [-0.05, 0) is 58.6 Å². The van der Waals surface area contributed by atoms with Gasteiger partial charge in [0.25, 0.3) is 11.6 Å². The number of pyridine rings is 1. The standard InChI is InChI=1S/C19H19N7O3S/c1-25-19(22-23-24-25)30-16-8-7-14(26(28)29)10-15(16)18(27)21-17-9-6-13(11-20-17)12-4-2-3-5-12/h6-12H,2-5H2,1H3,(H,20,21,27). The summed E-state index contributed by atoms with van der Waals surface area (Å²) in [5.74, 6) is 0.434. The van der Waals surface area contributed by atoms with Gasteiger partial charge in [-0.2, -0.15) is 0 Å². The van der Waals surface area contributed by atoms with Crippen LogP contribution in [0.25, 0.3) is 0 Å². The lowest BCUT2D eigenvalue weighted by atomic mass is 10.00. The topological polar surface area (TPSA) is 129 Å². The first kappa shape index (κ1) is 20.0. The fourth-order valence-electron chi connectivity index (χ4n) is 3.47. The van der Waals surface area contributed by atoms with Crippen molar-refractivity contribution in [2.45, 2.75) is 41.7 Å². The smallest absolute Gasteiger partial charge is 0.270 e. The lowest BCUT2D eigenvalue weighted by Crippen LogP contribution is -2.14. The van der Waals surface area contributed by atoms with Crippen molar-refractivity contribution < 1.29 is 9.72 Å². The van der Waals surface area contributed by atoms with E-state index in [1.165, 1.54) is 54.1 Å². The molecule has 0 unspecified atom stereocenters. The average Bonchev–Trinajstić information content (AvgIpc) is 3.41. The molecule has 2 aromatic heterocycles. The van der Waals surface area contributed by atoms with Crippen LogP contribution in [0.15, 0.2) is 46.6 Å². The van der Waals surface area contributed by atoms with Gasteiger partial charge >= 0.3 is 0 Å². The maximum atomic E-state index is 12.9. The van der Waals surface area contributed by atoms with Crippen molar-refractivity contribution in [2.75, 3.05) is 5.32 Å². The fraction of sp³-hybridized carbons (Fsp3) is 0.316. The van der Waals surface area contributed by atoms with Gasteiger partial charge in [0.15, 0.2) is 0 Å². The molecular weight excluding hydrogens is 406 g/mol. The van der Waals surface area contributed by atoms with Crippen LogP contribution in [0.2, 0.25) is 0 Å². The van der Waals surface area contributed by atoms with E-state index in [2.05, 4.69) is 25.8 Å². The lowest BCUT2D eigenvalue weighted by molar-refractivity contribution is -0.384. The van der Waals surface area contributed by atoms with Crippen LogP contribution in [0.5, 0.6) is 0 Å². The molecule has 11 heteroatoms. The number of nitro benzene ring substituents is 1. The first-order valence-electron chi connectivity index (χ1n) is 9.47. The second-order valence-electron chi connectivity index (χ2n) is 7.04. The number of nitrogens with one attached hydrogen (secondary N) is 1. The SMILES string of the molecule is Cn1nnnc1Sc1ccc([N+](=O)[O-])cc1C(=O)Nc1ccc(C2CCCC2)cn1. The number of anilines is 1. The Morgan fingerprint density at radius 2 is 2.07 bits per heavy atom. The number of tetrazole rings is 1. The number of non-ortho nitro benzene ring substituents is 1. The van der Waals surface area contributed by atoms with E-state index in [4.69, 9.17) is 0 Å². The van der Waals surface area contributed by atoms with Crippen LogP contribution in [0.3, 0.4) is 0 Å². The van der Waals surface area contributed by atoms with E-state index in [0.29, 0.717) is 21.8 Å². The quantitative estimate of drug-likeness (QED) is 0.469. The molecule has 1 saturated carbocycles. The third-order valence-corrected chi connectivity index (χ3v) is 6.16. The maximum Gasteiger partial charge on any atom is 0.270 e. The Kier molecular flexibility index (Phi) is 5.70. The number of aryl methyl sites for hydroxylation is 1. The third-order valence-electron chi connectivity index (χ3n) is 5.06. The highest BCUT2D eigenvalue weighted by Gasteiger charge is 2.21. The summed E-state index contributed by atoms with van der Waals surface area (Å²) in [6.45, 7) is 0. The van der Waals surface area contributed by atoms with Crippen molar-refractivity contribution in [3.63, 3.8) is 0 Å². The number of aromatic nitrogens is 5. The van der Waals surface area contributed by atoms with Crippen LogP contribution in [0, 0.1) is 10.1 Å². The first-order chi connectivity index (χ1) is 14.5. The molecule has 4 rings (SSSR count). The van der Waals surface area contributed by atoms with Crippen LogP contribution in [-0.2, 0) is 7.05 Å². The van der Waals surface area contributed by atoms with Gasteiger partial charge in [0.05, 0.1) is 10.5 Å². The molecule has 3 aromatic rings. The molecule has 10 nitrogen and oxygen atoms in total. The molecule has 30 heavy (non-hydrogen) atoms. The summed E-state index contributed by atoms with van der Waals surface area (Å²) < 4.78 is 1.46. The van der Waals surface area contributed by atoms with Crippen LogP contribution in [-0.4, -0.2) is 36.0 Å². The third kappa shape index (κ3) is 4.30. The van der Waals surface area contributed by atoms with E-state index in [-0.39, 0.29) is 11.3 Å². The largest absolute Gasteiger partial charge is 0.307 e. The molecule has 1 N–H and O–H groups in total. The van der Waals surface area contributed by atoms with Crippen molar-refractivity contribution in [1.82, 2.24) is 25.2 Å². The maximum absolute atomic E-state index is 12.9. The van der Waals surface area contributed by atoms with Crippen molar-refractivity contribution in [3.8, 4) is 0 Å². The van der Waals surface area contributed by atoms with Gasteiger partial charge in [-0.15, -0.1) is 5.10 Å². The summed E-state index contributed by atoms with van der Waals surface area (Å²) in [5.41, 5.74) is 1.15. The summed E-state index contributed by atoms with van der Waals surface area (Å²) in [6, 6.07) is 7.85. The van der Waals surface area contributed by atoms with Crippen LogP contribution < -0.4 is 5.32 Å². The number of carbonyl (C=O) groups excluding carboxylic acids is 1. The fourth-order valence-corrected chi connectivity index (χ4v) is 4.31. The molecule has 1 aliphatic carbocycles. The summed E-state index contributed by atoms with van der Waals surface area (Å²) in [5, 5.41) is 25.6. The van der Waals surface area contributed by atoms with Gasteiger partial charge in [-0.25, -0.2) is 9.67 Å². The molecule has 0 aliphatic heterocycles. The van der Waals surface area contributed by atoms with Crippen LogP contribution in [0.4, 0.5) is 11.5 Å². The van der Waals surface area contributed by atoms with Gasteiger partial charge in [0, 0.05) is 30.3 Å².